The molecule has 0 unspecified atom stereocenters. The summed E-state index contributed by atoms with van der Waals surface area (Å²) in [6.45, 7) is 3.16. The minimum Gasteiger partial charge on any atom is -0.329 e. The number of hydrogen-bond acceptors (Lipinski definition) is 7. The number of piperidine rings is 1. The van der Waals surface area contributed by atoms with E-state index in [0.29, 0.717) is 59.3 Å². The Labute approximate surface area is 203 Å². The van der Waals surface area contributed by atoms with Gasteiger partial charge in [-0.25, -0.2) is 9.37 Å². The standard InChI is InChI=1S/C23H24F4N6OS/c1-13-3-4-16(9-17(13)24)30-21(34)20-14(2)32-35-22(20)31-19-11-28-18(10-29-19)15-5-7-33(8-6-15)12-23(25,26)27/h3-4,9-11,15H,5-8,12H2,1-2H3,(H,29,31)(H,30,34). The third kappa shape index (κ3) is 6.31. The van der Waals surface area contributed by atoms with Gasteiger partial charge in [-0.1, -0.05) is 6.07 Å². The lowest BCUT2D eigenvalue weighted by Gasteiger charge is -2.31. The number of nitrogens with one attached hydrogen (secondary N) is 2. The van der Waals surface area contributed by atoms with Crippen LogP contribution in [0.15, 0.2) is 30.6 Å². The van der Waals surface area contributed by atoms with Crippen molar-refractivity contribution in [2.75, 3.05) is 30.3 Å². The molecule has 1 aliphatic heterocycles. The fourth-order valence-electron chi connectivity index (χ4n) is 3.96. The van der Waals surface area contributed by atoms with Gasteiger partial charge in [-0.3, -0.25) is 14.7 Å². The predicted octanol–water partition coefficient (Wildman–Crippen LogP) is 5.43. The first kappa shape index (κ1) is 25.0. The number of likely N-dealkylation sites (tertiary alicyclic amines) is 1. The Bertz CT molecular complexity index is 1190. The molecule has 1 fully saturated rings. The Morgan fingerprint density at radius 1 is 1.17 bits per heavy atom. The maximum absolute atomic E-state index is 13.8. The van der Waals surface area contributed by atoms with Gasteiger partial charge >= 0.3 is 6.18 Å². The number of carbonyl (C=O) groups is 1. The number of aryl methyl sites for hydroxylation is 2. The van der Waals surface area contributed by atoms with E-state index in [1.165, 1.54) is 17.2 Å². The monoisotopic (exact) mass is 508 g/mol. The second-order valence-corrected chi connectivity index (χ2v) is 9.28. The van der Waals surface area contributed by atoms with Crippen molar-refractivity contribution in [3.05, 3.63) is 58.9 Å². The highest BCUT2D eigenvalue weighted by atomic mass is 32.1. The molecule has 2 aromatic heterocycles. The van der Waals surface area contributed by atoms with Crippen LogP contribution in [0.5, 0.6) is 0 Å². The highest BCUT2D eigenvalue weighted by Crippen LogP contribution is 2.31. The van der Waals surface area contributed by atoms with Crippen LogP contribution in [-0.4, -0.2) is 51.0 Å². The molecule has 1 aromatic carbocycles. The Hall–Kier alpha value is -3.12. The predicted molar refractivity (Wildman–Crippen MR) is 126 cm³/mol. The van der Waals surface area contributed by atoms with Gasteiger partial charge in [0.25, 0.3) is 5.91 Å². The smallest absolute Gasteiger partial charge is 0.329 e. The molecular formula is C23H24F4N6OS. The number of anilines is 3. The van der Waals surface area contributed by atoms with Crippen LogP contribution in [0.25, 0.3) is 0 Å². The number of aromatic nitrogens is 3. The topological polar surface area (TPSA) is 83.0 Å². The van der Waals surface area contributed by atoms with Crippen LogP contribution >= 0.6 is 11.5 Å². The molecule has 0 spiro atoms. The molecule has 1 aliphatic rings. The van der Waals surface area contributed by atoms with Crippen molar-refractivity contribution in [1.82, 2.24) is 19.2 Å². The highest BCUT2D eigenvalue weighted by Gasteiger charge is 2.33. The van der Waals surface area contributed by atoms with Crippen LogP contribution in [0.4, 0.5) is 34.1 Å². The van der Waals surface area contributed by atoms with Crippen molar-refractivity contribution in [2.45, 2.75) is 38.8 Å². The molecule has 7 nitrogen and oxygen atoms in total. The van der Waals surface area contributed by atoms with Gasteiger partial charge in [-0.2, -0.15) is 17.5 Å². The first-order valence-corrected chi connectivity index (χ1v) is 11.8. The summed E-state index contributed by atoms with van der Waals surface area (Å²) in [5.41, 5.74) is 2.37. The lowest BCUT2D eigenvalue weighted by atomic mass is 9.94. The summed E-state index contributed by atoms with van der Waals surface area (Å²) in [5, 5.41) is 6.21. The zero-order chi connectivity index (χ0) is 25.2. The molecule has 186 valence electrons. The van der Waals surface area contributed by atoms with Crippen LogP contribution in [0.3, 0.4) is 0 Å². The number of alkyl halides is 3. The summed E-state index contributed by atoms with van der Waals surface area (Å²) in [7, 11) is 0. The molecule has 0 saturated carbocycles. The Morgan fingerprint density at radius 2 is 1.91 bits per heavy atom. The molecular weight excluding hydrogens is 484 g/mol. The van der Waals surface area contributed by atoms with E-state index in [1.807, 2.05) is 0 Å². The number of amides is 1. The lowest BCUT2D eigenvalue weighted by Crippen LogP contribution is -2.39. The van der Waals surface area contributed by atoms with E-state index < -0.39 is 24.4 Å². The van der Waals surface area contributed by atoms with Crippen molar-refractivity contribution in [1.29, 1.82) is 0 Å². The average molecular weight is 509 g/mol. The summed E-state index contributed by atoms with van der Waals surface area (Å²) >= 11 is 1.09. The molecule has 1 saturated heterocycles. The summed E-state index contributed by atoms with van der Waals surface area (Å²) in [5.74, 6) is -0.398. The third-order valence-corrected chi connectivity index (χ3v) is 6.70. The number of hydrogen-bond donors (Lipinski definition) is 2. The fourth-order valence-corrected chi connectivity index (χ4v) is 4.76. The van der Waals surface area contributed by atoms with Gasteiger partial charge < -0.3 is 10.6 Å². The second kappa shape index (κ2) is 10.2. The summed E-state index contributed by atoms with van der Waals surface area (Å²) in [6.07, 6.45) is 0.102. The minimum atomic E-state index is -4.19. The highest BCUT2D eigenvalue weighted by molar-refractivity contribution is 7.10. The second-order valence-electron chi connectivity index (χ2n) is 8.51. The number of halogens is 4. The van der Waals surface area contributed by atoms with Gasteiger partial charge in [0.2, 0.25) is 0 Å². The van der Waals surface area contributed by atoms with Gasteiger partial charge in [0, 0.05) is 11.6 Å². The molecule has 3 heterocycles. The molecule has 2 N–H and O–H groups in total. The lowest BCUT2D eigenvalue weighted by molar-refractivity contribution is -0.147. The molecule has 35 heavy (non-hydrogen) atoms. The van der Waals surface area contributed by atoms with E-state index >= 15 is 0 Å². The average Bonchev–Trinajstić information content (AvgIpc) is 3.16. The van der Waals surface area contributed by atoms with Crippen molar-refractivity contribution in [2.24, 2.45) is 0 Å². The number of carbonyl (C=O) groups excluding carboxylic acids is 1. The Kier molecular flexibility index (Phi) is 7.31. The van der Waals surface area contributed by atoms with E-state index in [9.17, 15) is 22.4 Å². The van der Waals surface area contributed by atoms with E-state index in [-0.39, 0.29) is 5.92 Å². The largest absolute Gasteiger partial charge is 0.401 e. The summed E-state index contributed by atoms with van der Waals surface area (Å²) in [6, 6.07) is 4.46. The first-order valence-electron chi connectivity index (χ1n) is 11.0. The number of nitrogens with zero attached hydrogens (tertiary/aromatic N) is 4. The fraction of sp³-hybridized carbons (Fsp3) is 0.391. The molecule has 1 amide bonds. The molecule has 4 rings (SSSR count). The molecule has 0 bridgehead atoms. The maximum atomic E-state index is 13.8. The summed E-state index contributed by atoms with van der Waals surface area (Å²) in [4.78, 5) is 23.1. The van der Waals surface area contributed by atoms with E-state index in [2.05, 4.69) is 25.0 Å². The van der Waals surface area contributed by atoms with Crippen molar-refractivity contribution >= 4 is 33.9 Å². The number of benzene rings is 1. The third-order valence-electron chi connectivity index (χ3n) is 5.84. The molecule has 0 aliphatic carbocycles. The van der Waals surface area contributed by atoms with Gasteiger partial charge in [0.15, 0.2) is 0 Å². The Morgan fingerprint density at radius 3 is 2.54 bits per heavy atom. The van der Waals surface area contributed by atoms with Crippen molar-refractivity contribution < 1.29 is 22.4 Å². The molecule has 0 radical (unpaired) electrons. The van der Waals surface area contributed by atoms with E-state index in [1.54, 1.807) is 32.2 Å². The SMILES string of the molecule is Cc1ccc(NC(=O)c2c(C)nsc2Nc2cnc(C3CCN(CC(F)(F)F)CC3)cn2)cc1F. The number of rotatable bonds is 6. The van der Waals surface area contributed by atoms with Crippen LogP contribution in [0, 0.1) is 19.7 Å². The van der Waals surface area contributed by atoms with Crippen molar-refractivity contribution in [3.8, 4) is 0 Å². The zero-order valence-corrected chi connectivity index (χ0v) is 19.9. The zero-order valence-electron chi connectivity index (χ0n) is 19.1. The van der Waals surface area contributed by atoms with Crippen LogP contribution in [0.1, 0.15) is 46.1 Å². The van der Waals surface area contributed by atoms with Crippen LogP contribution in [-0.2, 0) is 0 Å². The first-order chi connectivity index (χ1) is 16.6. The van der Waals surface area contributed by atoms with Gasteiger partial charge in [0.1, 0.15) is 16.6 Å². The van der Waals surface area contributed by atoms with Crippen LogP contribution in [0.2, 0.25) is 0 Å². The van der Waals surface area contributed by atoms with Gasteiger partial charge in [0.05, 0.1) is 35.9 Å². The quantitative estimate of drug-likeness (QED) is 0.433. The maximum Gasteiger partial charge on any atom is 0.401 e. The summed E-state index contributed by atoms with van der Waals surface area (Å²) < 4.78 is 55.8. The van der Waals surface area contributed by atoms with Gasteiger partial charge in [-0.05, 0) is 69.0 Å². The molecule has 12 heteroatoms. The van der Waals surface area contributed by atoms with Gasteiger partial charge in [-0.15, -0.1) is 0 Å². The van der Waals surface area contributed by atoms with Crippen LogP contribution < -0.4 is 10.6 Å². The van der Waals surface area contributed by atoms with Crippen molar-refractivity contribution in [3.63, 3.8) is 0 Å². The molecule has 3 aromatic rings. The van der Waals surface area contributed by atoms with E-state index in [0.717, 1.165) is 17.2 Å². The van der Waals surface area contributed by atoms with E-state index in [4.69, 9.17) is 0 Å². The molecule has 0 atom stereocenters. The normalized spacial score (nSPS) is 15.3. The minimum absolute atomic E-state index is 0.0444. The Balaban J connectivity index is 1.40.